The summed E-state index contributed by atoms with van der Waals surface area (Å²) in [5.41, 5.74) is 0.955. The maximum Gasteiger partial charge on any atom is 0.241 e. The molecule has 0 atom stereocenters. The first kappa shape index (κ1) is 18.1. The number of primary sulfonamides is 1. The molecule has 6 nitrogen and oxygen atoms in total. The van der Waals surface area contributed by atoms with Crippen LogP contribution in [0, 0.1) is 0 Å². The molecule has 0 unspecified atom stereocenters. The second-order valence-electron chi connectivity index (χ2n) is 6.15. The number of pyridine rings is 1. The fourth-order valence-electron chi connectivity index (χ4n) is 3.14. The molecule has 25 heavy (non-hydrogen) atoms. The van der Waals surface area contributed by atoms with E-state index in [-0.39, 0.29) is 16.1 Å². The predicted molar refractivity (Wildman–Crippen MR) is 97.3 cm³/mol. The Labute approximate surface area is 152 Å². The van der Waals surface area contributed by atoms with Gasteiger partial charge < -0.3 is 10.1 Å². The molecule has 0 radical (unpaired) electrons. The molecule has 0 bridgehead atoms. The average Bonchev–Trinajstić information content (AvgIpc) is 2.61. The van der Waals surface area contributed by atoms with E-state index in [1.165, 1.54) is 12.3 Å². The third-order valence-electron chi connectivity index (χ3n) is 4.58. The van der Waals surface area contributed by atoms with Gasteiger partial charge in [-0.2, -0.15) is 0 Å². The van der Waals surface area contributed by atoms with E-state index in [4.69, 9.17) is 21.5 Å². The van der Waals surface area contributed by atoms with Crippen molar-refractivity contribution in [1.82, 2.24) is 4.98 Å². The lowest BCUT2D eigenvalue weighted by atomic mass is 9.74. The van der Waals surface area contributed by atoms with Crippen molar-refractivity contribution in [3.63, 3.8) is 0 Å². The van der Waals surface area contributed by atoms with Crippen molar-refractivity contribution < 1.29 is 13.2 Å². The van der Waals surface area contributed by atoms with Gasteiger partial charge >= 0.3 is 0 Å². The Morgan fingerprint density at radius 1 is 1.20 bits per heavy atom. The van der Waals surface area contributed by atoms with Crippen LogP contribution in [0.3, 0.4) is 0 Å². The van der Waals surface area contributed by atoms with Crippen LogP contribution in [-0.2, 0) is 20.2 Å². The molecule has 0 saturated carbocycles. The van der Waals surface area contributed by atoms with Gasteiger partial charge in [-0.25, -0.2) is 18.5 Å². The molecule has 1 saturated heterocycles. The van der Waals surface area contributed by atoms with E-state index >= 15 is 0 Å². The van der Waals surface area contributed by atoms with Crippen molar-refractivity contribution in [1.29, 1.82) is 0 Å². The summed E-state index contributed by atoms with van der Waals surface area (Å²) in [5.74, 6) is 0.268. The molecular formula is C17H20ClN3O3S. The van der Waals surface area contributed by atoms with Crippen LogP contribution < -0.4 is 10.5 Å². The summed E-state index contributed by atoms with van der Waals surface area (Å²) in [4.78, 5) is 4.14. The first-order chi connectivity index (χ1) is 11.9. The van der Waals surface area contributed by atoms with Gasteiger partial charge in [0.25, 0.3) is 0 Å². The SMILES string of the molecule is NS(=O)(=O)c1cccnc1NCC1(c2ccc(Cl)cc2)CCOCC1. The number of nitrogens with two attached hydrogens (primary N) is 1. The highest BCUT2D eigenvalue weighted by Gasteiger charge is 2.34. The van der Waals surface area contributed by atoms with Gasteiger partial charge in [0, 0.05) is 36.4 Å². The minimum atomic E-state index is -3.84. The number of halogens is 1. The number of aromatic nitrogens is 1. The summed E-state index contributed by atoms with van der Waals surface area (Å²) in [6, 6.07) is 10.7. The highest BCUT2D eigenvalue weighted by atomic mass is 35.5. The van der Waals surface area contributed by atoms with Gasteiger partial charge in [0.1, 0.15) is 10.7 Å². The number of nitrogens with one attached hydrogen (secondary N) is 1. The smallest absolute Gasteiger partial charge is 0.241 e. The molecule has 2 aromatic rings. The van der Waals surface area contributed by atoms with E-state index in [1.54, 1.807) is 6.07 Å². The zero-order chi connectivity index (χ0) is 17.9. The van der Waals surface area contributed by atoms with E-state index in [0.29, 0.717) is 24.8 Å². The summed E-state index contributed by atoms with van der Waals surface area (Å²) in [6.07, 6.45) is 3.17. The van der Waals surface area contributed by atoms with Gasteiger partial charge in [0.2, 0.25) is 10.0 Å². The van der Waals surface area contributed by atoms with Crippen LogP contribution in [0.4, 0.5) is 5.82 Å². The Balaban J connectivity index is 1.89. The fraction of sp³-hybridized carbons (Fsp3) is 0.353. The van der Waals surface area contributed by atoms with Crippen LogP contribution >= 0.6 is 11.6 Å². The maximum atomic E-state index is 11.8. The Morgan fingerprint density at radius 3 is 2.52 bits per heavy atom. The zero-order valence-corrected chi connectivity index (χ0v) is 15.2. The van der Waals surface area contributed by atoms with Crippen molar-refractivity contribution in [3.05, 3.63) is 53.2 Å². The third-order valence-corrected chi connectivity index (χ3v) is 5.77. The van der Waals surface area contributed by atoms with Crippen LogP contribution in [0.5, 0.6) is 0 Å². The van der Waals surface area contributed by atoms with Crippen molar-refractivity contribution in [2.24, 2.45) is 5.14 Å². The van der Waals surface area contributed by atoms with Crippen LogP contribution in [0.25, 0.3) is 0 Å². The third kappa shape index (κ3) is 4.12. The van der Waals surface area contributed by atoms with E-state index in [1.807, 2.05) is 24.3 Å². The fourth-order valence-corrected chi connectivity index (χ4v) is 3.93. The molecule has 0 amide bonds. The highest BCUT2D eigenvalue weighted by molar-refractivity contribution is 7.89. The lowest BCUT2D eigenvalue weighted by molar-refractivity contribution is 0.0543. The molecule has 0 aliphatic carbocycles. The van der Waals surface area contributed by atoms with E-state index in [9.17, 15) is 8.42 Å². The number of benzene rings is 1. The lowest BCUT2D eigenvalue weighted by Crippen LogP contribution is -2.40. The first-order valence-electron chi connectivity index (χ1n) is 7.96. The quantitative estimate of drug-likeness (QED) is 0.829. The van der Waals surface area contributed by atoms with Crippen molar-refractivity contribution in [3.8, 4) is 0 Å². The van der Waals surface area contributed by atoms with Gasteiger partial charge in [-0.3, -0.25) is 0 Å². The summed E-state index contributed by atoms with van der Waals surface area (Å²) in [5, 5.41) is 9.15. The number of hydrogen-bond acceptors (Lipinski definition) is 5. The molecule has 8 heteroatoms. The minimum absolute atomic E-state index is 0.00619. The van der Waals surface area contributed by atoms with E-state index < -0.39 is 10.0 Å². The average molecular weight is 382 g/mol. The molecule has 2 heterocycles. The van der Waals surface area contributed by atoms with Crippen LogP contribution in [0.15, 0.2) is 47.5 Å². The van der Waals surface area contributed by atoms with Crippen molar-refractivity contribution in [2.75, 3.05) is 25.1 Å². The van der Waals surface area contributed by atoms with Crippen LogP contribution in [0.2, 0.25) is 5.02 Å². The Morgan fingerprint density at radius 2 is 1.88 bits per heavy atom. The number of anilines is 1. The van der Waals surface area contributed by atoms with Crippen LogP contribution in [0.1, 0.15) is 18.4 Å². The largest absolute Gasteiger partial charge is 0.381 e. The Kier molecular flexibility index (Phi) is 5.29. The Bertz CT molecular complexity index is 834. The second kappa shape index (κ2) is 7.29. The molecule has 0 spiro atoms. The Hall–Kier alpha value is -1.67. The molecule has 1 aliphatic heterocycles. The minimum Gasteiger partial charge on any atom is -0.381 e. The summed E-state index contributed by atoms with van der Waals surface area (Å²) in [7, 11) is -3.84. The molecule has 3 N–H and O–H groups in total. The molecule has 1 aromatic heterocycles. The second-order valence-corrected chi connectivity index (χ2v) is 8.11. The van der Waals surface area contributed by atoms with Crippen molar-refractivity contribution >= 4 is 27.4 Å². The van der Waals surface area contributed by atoms with Gasteiger partial charge in [-0.15, -0.1) is 0 Å². The number of sulfonamides is 1. The maximum absolute atomic E-state index is 11.8. The van der Waals surface area contributed by atoms with Crippen molar-refractivity contribution in [2.45, 2.75) is 23.2 Å². The molecule has 3 rings (SSSR count). The lowest BCUT2D eigenvalue weighted by Gasteiger charge is -2.38. The summed E-state index contributed by atoms with van der Waals surface area (Å²) in [6.45, 7) is 1.82. The number of ether oxygens (including phenoxy) is 1. The van der Waals surface area contributed by atoms with Gasteiger partial charge in [0.05, 0.1) is 0 Å². The summed E-state index contributed by atoms with van der Waals surface area (Å²) >= 11 is 6.01. The standard InChI is InChI=1S/C17H20ClN3O3S/c18-14-5-3-13(4-6-14)17(7-10-24-11-8-17)12-21-16-15(25(19,22)23)2-1-9-20-16/h1-6,9H,7-8,10-12H2,(H,20,21)(H2,19,22,23). The molecular weight excluding hydrogens is 362 g/mol. The molecule has 1 aromatic carbocycles. The number of nitrogens with zero attached hydrogens (tertiary/aromatic N) is 1. The first-order valence-corrected chi connectivity index (χ1v) is 9.89. The number of rotatable bonds is 5. The monoisotopic (exact) mass is 381 g/mol. The number of hydrogen-bond donors (Lipinski definition) is 2. The van der Waals surface area contributed by atoms with Gasteiger partial charge in [-0.05, 0) is 42.7 Å². The summed E-state index contributed by atoms with van der Waals surface area (Å²) < 4.78 is 29.0. The zero-order valence-electron chi connectivity index (χ0n) is 13.6. The molecule has 134 valence electrons. The van der Waals surface area contributed by atoms with Crippen LogP contribution in [-0.4, -0.2) is 33.2 Å². The molecule has 1 aliphatic rings. The molecule has 1 fully saturated rings. The normalized spacial score (nSPS) is 17.2. The van der Waals surface area contributed by atoms with Gasteiger partial charge in [-0.1, -0.05) is 23.7 Å². The van der Waals surface area contributed by atoms with E-state index in [0.717, 1.165) is 18.4 Å². The highest BCUT2D eigenvalue weighted by Crippen LogP contribution is 2.36. The topological polar surface area (TPSA) is 94.3 Å². The van der Waals surface area contributed by atoms with Gasteiger partial charge in [0.15, 0.2) is 0 Å². The van der Waals surface area contributed by atoms with E-state index in [2.05, 4.69) is 10.3 Å². The predicted octanol–water partition coefficient (Wildman–Crippen LogP) is 2.54.